The van der Waals surface area contributed by atoms with Gasteiger partial charge in [-0.1, -0.05) is 0 Å². The molecule has 2 N–H and O–H groups in total. The van der Waals surface area contributed by atoms with E-state index in [1.807, 2.05) is 6.92 Å². The van der Waals surface area contributed by atoms with Crippen molar-refractivity contribution in [1.82, 2.24) is 5.32 Å². The fourth-order valence-electron chi connectivity index (χ4n) is 1.97. The monoisotopic (exact) mass is 350 g/mol. The first-order chi connectivity index (χ1) is 11.4. The molecule has 0 spiro atoms. The van der Waals surface area contributed by atoms with E-state index < -0.39 is 18.5 Å². The predicted molar refractivity (Wildman–Crippen MR) is 88.9 cm³/mol. The maximum Gasteiger partial charge on any atom is 0.341 e. The highest BCUT2D eigenvalue weighted by Gasteiger charge is 2.22. The minimum atomic E-state index is -0.645. The van der Waals surface area contributed by atoms with Gasteiger partial charge in [-0.15, -0.1) is 11.3 Å². The topological polar surface area (TPSA) is 97.6 Å². The van der Waals surface area contributed by atoms with E-state index in [0.717, 1.165) is 10.4 Å². The number of amides is 2. The molecule has 2 rings (SSSR count). The molecule has 0 bridgehead atoms. The molecular weight excluding hydrogens is 332 g/mol. The number of rotatable bonds is 6. The predicted octanol–water partition coefficient (Wildman–Crippen LogP) is 2.39. The first-order valence-corrected chi connectivity index (χ1v) is 8.04. The van der Waals surface area contributed by atoms with Crippen LogP contribution in [0.4, 0.5) is 5.00 Å². The molecule has 2 aromatic heterocycles. The van der Waals surface area contributed by atoms with Gasteiger partial charge in [0.15, 0.2) is 6.61 Å². The first kappa shape index (κ1) is 17.7. The van der Waals surface area contributed by atoms with Crippen molar-refractivity contribution in [3.63, 3.8) is 0 Å². The zero-order valence-electron chi connectivity index (χ0n) is 13.6. The van der Waals surface area contributed by atoms with Gasteiger partial charge in [0.2, 0.25) is 5.91 Å². The van der Waals surface area contributed by atoms with Crippen LogP contribution in [-0.4, -0.2) is 24.4 Å². The summed E-state index contributed by atoms with van der Waals surface area (Å²) in [7, 11) is 0. The maximum atomic E-state index is 12.3. The van der Waals surface area contributed by atoms with E-state index in [0.29, 0.717) is 10.8 Å². The Kier molecular flexibility index (Phi) is 5.75. The van der Waals surface area contributed by atoms with Crippen molar-refractivity contribution in [1.29, 1.82) is 0 Å². The Bertz CT molecular complexity index is 749. The van der Waals surface area contributed by atoms with E-state index >= 15 is 0 Å². The number of carbonyl (C=O) groups excluding carboxylic acids is 3. The third kappa shape index (κ3) is 4.45. The Morgan fingerprint density at radius 2 is 2.04 bits per heavy atom. The van der Waals surface area contributed by atoms with E-state index in [-0.39, 0.29) is 18.0 Å². The lowest BCUT2D eigenvalue weighted by Gasteiger charge is -2.07. The van der Waals surface area contributed by atoms with E-state index in [4.69, 9.17) is 9.15 Å². The van der Waals surface area contributed by atoms with Gasteiger partial charge >= 0.3 is 5.97 Å². The molecule has 0 aromatic carbocycles. The van der Waals surface area contributed by atoms with Crippen LogP contribution in [0.3, 0.4) is 0 Å². The van der Waals surface area contributed by atoms with E-state index in [1.165, 1.54) is 24.5 Å². The Morgan fingerprint density at radius 1 is 1.29 bits per heavy atom. The van der Waals surface area contributed by atoms with Gasteiger partial charge in [0.25, 0.3) is 5.91 Å². The second-order valence-corrected chi connectivity index (χ2v) is 6.33. The molecule has 2 aromatic rings. The standard InChI is InChI=1S/C16H18N2O5S/c1-9-10(2)24-15(18-11(3)19)14(9)16(21)23-8-13(20)17-7-12-5-4-6-22-12/h4-6H,7-8H2,1-3H3,(H,17,20)(H,18,19). The Labute approximate surface area is 143 Å². The lowest BCUT2D eigenvalue weighted by molar-refractivity contribution is -0.124. The summed E-state index contributed by atoms with van der Waals surface area (Å²) >= 11 is 1.29. The molecule has 0 aliphatic rings. The van der Waals surface area contributed by atoms with Gasteiger partial charge in [-0.3, -0.25) is 9.59 Å². The largest absolute Gasteiger partial charge is 0.467 e. The number of hydrogen-bond donors (Lipinski definition) is 2. The van der Waals surface area contributed by atoms with Gasteiger partial charge in [-0.2, -0.15) is 0 Å². The summed E-state index contributed by atoms with van der Waals surface area (Å²) in [4.78, 5) is 36.1. The van der Waals surface area contributed by atoms with E-state index in [9.17, 15) is 14.4 Å². The zero-order chi connectivity index (χ0) is 17.7. The summed E-state index contributed by atoms with van der Waals surface area (Å²) in [6.07, 6.45) is 1.51. The summed E-state index contributed by atoms with van der Waals surface area (Å²) < 4.78 is 10.1. The molecule has 0 saturated carbocycles. The molecule has 2 heterocycles. The molecule has 8 heteroatoms. The summed E-state index contributed by atoms with van der Waals surface area (Å²) in [6.45, 7) is 4.79. The molecule has 7 nitrogen and oxygen atoms in total. The second-order valence-electron chi connectivity index (χ2n) is 5.10. The number of ether oxygens (including phenoxy) is 1. The fraction of sp³-hybridized carbons (Fsp3) is 0.312. The van der Waals surface area contributed by atoms with Gasteiger partial charge in [-0.05, 0) is 31.5 Å². The molecule has 0 aliphatic heterocycles. The van der Waals surface area contributed by atoms with Gasteiger partial charge in [-0.25, -0.2) is 4.79 Å². The summed E-state index contributed by atoms with van der Waals surface area (Å²) in [5, 5.41) is 5.62. The summed E-state index contributed by atoms with van der Waals surface area (Å²) in [5.74, 6) is -0.757. The van der Waals surface area contributed by atoms with Crippen molar-refractivity contribution in [3.8, 4) is 0 Å². The van der Waals surface area contributed by atoms with Gasteiger partial charge in [0, 0.05) is 11.8 Å². The average molecular weight is 350 g/mol. The van der Waals surface area contributed by atoms with Crippen LogP contribution in [-0.2, 0) is 20.9 Å². The van der Waals surface area contributed by atoms with Crippen molar-refractivity contribution in [2.75, 3.05) is 11.9 Å². The number of esters is 1. The Balaban J connectivity index is 1.94. The highest BCUT2D eigenvalue weighted by Crippen LogP contribution is 2.32. The summed E-state index contributed by atoms with van der Waals surface area (Å²) in [6, 6.07) is 3.44. The first-order valence-electron chi connectivity index (χ1n) is 7.22. The Hall–Kier alpha value is -2.61. The molecule has 24 heavy (non-hydrogen) atoms. The molecule has 0 atom stereocenters. The normalized spacial score (nSPS) is 10.3. The van der Waals surface area contributed by atoms with Gasteiger partial charge < -0.3 is 19.8 Å². The van der Waals surface area contributed by atoms with Crippen molar-refractivity contribution >= 4 is 34.1 Å². The maximum absolute atomic E-state index is 12.3. The van der Waals surface area contributed by atoms with E-state index in [1.54, 1.807) is 19.1 Å². The lowest BCUT2D eigenvalue weighted by Crippen LogP contribution is -2.28. The number of carbonyl (C=O) groups is 3. The third-order valence-electron chi connectivity index (χ3n) is 3.25. The van der Waals surface area contributed by atoms with Crippen LogP contribution in [0.15, 0.2) is 22.8 Å². The van der Waals surface area contributed by atoms with Crippen LogP contribution in [0.2, 0.25) is 0 Å². The molecule has 0 saturated heterocycles. The molecule has 0 fully saturated rings. The highest BCUT2D eigenvalue weighted by molar-refractivity contribution is 7.16. The lowest BCUT2D eigenvalue weighted by atomic mass is 10.1. The number of thiophene rings is 1. The third-order valence-corrected chi connectivity index (χ3v) is 4.38. The minimum absolute atomic E-state index is 0.219. The number of aryl methyl sites for hydroxylation is 1. The van der Waals surface area contributed by atoms with Crippen LogP contribution in [0.1, 0.15) is 33.5 Å². The molecule has 128 valence electrons. The number of furan rings is 1. The van der Waals surface area contributed by atoms with Gasteiger partial charge in [0.05, 0.1) is 18.4 Å². The SMILES string of the molecule is CC(=O)Nc1sc(C)c(C)c1C(=O)OCC(=O)NCc1ccco1. The van der Waals surface area contributed by atoms with E-state index in [2.05, 4.69) is 10.6 Å². The van der Waals surface area contributed by atoms with Crippen molar-refractivity contribution < 1.29 is 23.5 Å². The smallest absolute Gasteiger partial charge is 0.341 e. The van der Waals surface area contributed by atoms with Crippen LogP contribution >= 0.6 is 11.3 Å². The fourth-order valence-corrected chi connectivity index (χ4v) is 3.07. The zero-order valence-corrected chi connectivity index (χ0v) is 14.4. The molecule has 0 unspecified atom stereocenters. The van der Waals surface area contributed by atoms with Crippen LogP contribution in [0.25, 0.3) is 0 Å². The highest BCUT2D eigenvalue weighted by atomic mass is 32.1. The number of hydrogen-bond acceptors (Lipinski definition) is 6. The van der Waals surface area contributed by atoms with Crippen molar-refractivity contribution in [3.05, 3.63) is 40.2 Å². The molecule has 2 amide bonds. The van der Waals surface area contributed by atoms with Gasteiger partial charge in [0.1, 0.15) is 10.8 Å². The quantitative estimate of drug-likeness (QED) is 0.780. The Morgan fingerprint density at radius 3 is 2.67 bits per heavy atom. The average Bonchev–Trinajstić information content (AvgIpc) is 3.11. The minimum Gasteiger partial charge on any atom is -0.467 e. The van der Waals surface area contributed by atoms with Crippen LogP contribution < -0.4 is 10.6 Å². The van der Waals surface area contributed by atoms with Crippen LogP contribution in [0.5, 0.6) is 0 Å². The molecule has 0 aliphatic carbocycles. The van der Waals surface area contributed by atoms with Crippen LogP contribution in [0, 0.1) is 13.8 Å². The summed E-state index contributed by atoms with van der Waals surface area (Å²) in [5.41, 5.74) is 1.01. The molecule has 0 radical (unpaired) electrons. The number of anilines is 1. The van der Waals surface area contributed by atoms with Crippen molar-refractivity contribution in [2.24, 2.45) is 0 Å². The number of nitrogens with one attached hydrogen (secondary N) is 2. The second kappa shape index (κ2) is 7.78. The van der Waals surface area contributed by atoms with Crippen molar-refractivity contribution in [2.45, 2.75) is 27.3 Å². The molecular formula is C16H18N2O5S.